The molecular weight excluding hydrogens is 507 g/mol. The van der Waals surface area contributed by atoms with Crippen LogP contribution in [0.1, 0.15) is 46.9 Å². The van der Waals surface area contributed by atoms with E-state index in [2.05, 4.69) is 15.6 Å². The van der Waals surface area contributed by atoms with E-state index in [4.69, 9.17) is 0 Å². The molecule has 2 N–H and O–H groups in total. The summed E-state index contributed by atoms with van der Waals surface area (Å²) in [5.74, 6) is 0.261. The SMILES string of the molecule is CN=C(NCCCCN1C(=O)c2ccccc2C1=O)NC(C)CCS(C)(=O)=O.I. The highest BCUT2D eigenvalue weighted by molar-refractivity contribution is 14.0. The number of hydrogen-bond acceptors (Lipinski definition) is 5. The normalized spacial score (nSPS) is 15.0. The van der Waals surface area contributed by atoms with Gasteiger partial charge < -0.3 is 10.6 Å². The number of nitrogens with zero attached hydrogens (tertiary/aromatic N) is 2. The summed E-state index contributed by atoms with van der Waals surface area (Å²) in [7, 11) is -1.33. The van der Waals surface area contributed by atoms with Gasteiger partial charge in [-0.2, -0.15) is 0 Å². The van der Waals surface area contributed by atoms with E-state index in [1.165, 1.54) is 11.2 Å². The van der Waals surface area contributed by atoms with Crippen molar-refractivity contribution in [3.63, 3.8) is 0 Å². The number of aliphatic imine (C=N–C) groups is 1. The fraction of sp³-hybridized carbons (Fsp3) is 0.526. The molecule has 10 heteroatoms. The van der Waals surface area contributed by atoms with Crippen LogP contribution < -0.4 is 10.6 Å². The Morgan fingerprint density at radius 3 is 2.24 bits per heavy atom. The maximum atomic E-state index is 12.3. The summed E-state index contributed by atoms with van der Waals surface area (Å²) in [5.41, 5.74) is 0.941. The Kier molecular flexibility index (Phi) is 10.0. The smallest absolute Gasteiger partial charge is 0.261 e. The first-order valence-corrected chi connectivity index (χ1v) is 11.4. The Balaban J connectivity index is 0.00000420. The Morgan fingerprint density at radius 1 is 1.14 bits per heavy atom. The number of sulfone groups is 1. The molecule has 0 aliphatic carbocycles. The Morgan fingerprint density at radius 2 is 1.72 bits per heavy atom. The van der Waals surface area contributed by atoms with Crippen molar-refractivity contribution in [2.24, 2.45) is 4.99 Å². The van der Waals surface area contributed by atoms with Crippen molar-refractivity contribution >= 4 is 51.6 Å². The van der Waals surface area contributed by atoms with E-state index in [0.29, 0.717) is 43.0 Å². The highest BCUT2D eigenvalue weighted by Gasteiger charge is 2.34. The number of halogens is 1. The lowest BCUT2D eigenvalue weighted by Gasteiger charge is -2.18. The zero-order valence-corrected chi connectivity index (χ0v) is 20.1. The third-order valence-electron chi connectivity index (χ3n) is 4.51. The standard InChI is InChI=1S/C19H28N4O4S.HI/c1-14(10-13-28(3,26)27)22-19(20-2)21-11-6-7-12-23-17(24)15-8-4-5-9-16(15)18(23)25;/h4-5,8-9,14H,6-7,10-13H2,1-3H3,(H2,20,21,22);1H. The molecule has 0 fully saturated rings. The average molecular weight is 536 g/mol. The Bertz CT molecular complexity index is 823. The van der Waals surface area contributed by atoms with Crippen LogP contribution in [0.2, 0.25) is 0 Å². The molecule has 0 spiro atoms. The number of benzene rings is 1. The summed E-state index contributed by atoms with van der Waals surface area (Å²) < 4.78 is 22.5. The minimum absolute atomic E-state index is 0. The van der Waals surface area contributed by atoms with Crippen LogP contribution >= 0.6 is 24.0 Å². The van der Waals surface area contributed by atoms with Gasteiger partial charge in [-0.05, 0) is 38.3 Å². The lowest BCUT2D eigenvalue weighted by Crippen LogP contribution is -2.43. The highest BCUT2D eigenvalue weighted by atomic mass is 127. The van der Waals surface area contributed by atoms with Crippen molar-refractivity contribution in [3.05, 3.63) is 35.4 Å². The van der Waals surface area contributed by atoms with Gasteiger partial charge in [-0.3, -0.25) is 19.5 Å². The molecule has 1 unspecified atom stereocenters. The lowest BCUT2D eigenvalue weighted by molar-refractivity contribution is 0.0652. The predicted molar refractivity (Wildman–Crippen MR) is 125 cm³/mol. The van der Waals surface area contributed by atoms with Gasteiger partial charge in [0.1, 0.15) is 9.84 Å². The Labute approximate surface area is 189 Å². The summed E-state index contributed by atoms with van der Waals surface area (Å²) in [4.78, 5) is 30.0. The topological polar surface area (TPSA) is 108 Å². The first kappa shape index (κ1) is 25.3. The number of carbonyl (C=O) groups is 2. The van der Waals surface area contributed by atoms with Gasteiger partial charge in [0.15, 0.2) is 5.96 Å². The molecule has 0 radical (unpaired) electrons. The molecule has 0 bridgehead atoms. The van der Waals surface area contributed by atoms with Gasteiger partial charge in [-0.1, -0.05) is 12.1 Å². The number of amides is 2. The van der Waals surface area contributed by atoms with Crippen LogP contribution in [0.3, 0.4) is 0 Å². The number of nitrogens with one attached hydrogen (secondary N) is 2. The van der Waals surface area contributed by atoms with Crippen LogP contribution in [0.25, 0.3) is 0 Å². The molecule has 0 saturated heterocycles. The molecule has 0 aromatic heterocycles. The lowest BCUT2D eigenvalue weighted by atomic mass is 10.1. The summed E-state index contributed by atoms with van der Waals surface area (Å²) >= 11 is 0. The fourth-order valence-electron chi connectivity index (χ4n) is 2.93. The fourth-order valence-corrected chi connectivity index (χ4v) is 3.72. The molecule has 1 aliphatic heterocycles. The molecule has 1 aliphatic rings. The first-order valence-electron chi connectivity index (χ1n) is 9.33. The second-order valence-electron chi connectivity index (χ2n) is 6.98. The van der Waals surface area contributed by atoms with Crippen molar-refractivity contribution in [2.75, 3.05) is 32.1 Å². The van der Waals surface area contributed by atoms with Gasteiger partial charge in [0.25, 0.3) is 11.8 Å². The minimum atomic E-state index is -2.98. The molecule has 1 aromatic rings. The van der Waals surface area contributed by atoms with E-state index >= 15 is 0 Å². The van der Waals surface area contributed by atoms with Crippen LogP contribution in [0.15, 0.2) is 29.3 Å². The van der Waals surface area contributed by atoms with Crippen molar-refractivity contribution in [3.8, 4) is 0 Å². The second kappa shape index (κ2) is 11.5. The molecule has 1 aromatic carbocycles. The van der Waals surface area contributed by atoms with Gasteiger partial charge >= 0.3 is 0 Å². The number of imide groups is 1. The molecule has 8 nitrogen and oxygen atoms in total. The molecule has 0 saturated carbocycles. The van der Waals surface area contributed by atoms with Crippen molar-refractivity contribution in [1.29, 1.82) is 0 Å². The number of rotatable bonds is 9. The van der Waals surface area contributed by atoms with E-state index in [0.717, 1.165) is 6.42 Å². The van der Waals surface area contributed by atoms with Crippen LogP contribution in [-0.4, -0.2) is 69.3 Å². The molecule has 162 valence electrons. The van der Waals surface area contributed by atoms with Gasteiger partial charge in [0.05, 0.1) is 16.9 Å². The van der Waals surface area contributed by atoms with Crippen molar-refractivity contribution < 1.29 is 18.0 Å². The van der Waals surface area contributed by atoms with E-state index < -0.39 is 9.84 Å². The highest BCUT2D eigenvalue weighted by Crippen LogP contribution is 2.22. The summed E-state index contributed by atoms with van der Waals surface area (Å²) in [6.07, 6.45) is 3.16. The number of unbranched alkanes of at least 4 members (excludes halogenated alkanes) is 1. The van der Waals surface area contributed by atoms with E-state index in [-0.39, 0.29) is 47.6 Å². The zero-order chi connectivity index (χ0) is 20.7. The number of hydrogen-bond donors (Lipinski definition) is 2. The van der Waals surface area contributed by atoms with Gasteiger partial charge in [-0.25, -0.2) is 8.42 Å². The number of guanidine groups is 1. The summed E-state index contributed by atoms with van der Waals surface area (Å²) in [6, 6.07) is 6.84. The molecular formula is C19H29IN4O4S. The molecule has 1 atom stereocenters. The van der Waals surface area contributed by atoms with E-state index in [9.17, 15) is 18.0 Å². The Hall–Kier alpha value is -1.69. The van der Waals surface area contributed by atoms with Crippen LogP contribution in [0, 0.1) is 0 Å². The second-order valence-corrected chi connectivity index (χ2v) is 9.24. The third kappa shape index (κ3) is 7.57. The van der Waals surface area contributed by atoms with Crippen LogP contribution in [0.5, 0.6) is 0 Å². The van der Waals surface area contributed by atoms with Crippen molar-refractivity contribution in [1.82, 2.24) is 15.5 Å². The molecule has 1 heterocycles. The van der Waals surface area contributed by atoms with Crippen molar-refractivity contribution in [2.45, 2.75) is 32.2 Å². The summed E-state index contributed by atoms with van der Waals surface area (Å²) in [5, 5.41) is 6.32. The maximum absolute atomic E-state index is 12.3. The van der Waals surface area contributed by atoms with Crippen LogP contribution in [0.4, 0.5) is 0 Å². The van der Waals surface area contributed by atoms with Gasteiger partial charge in [0.2, 0.25) is 0 Å². The average Bonchev–Trinajstić information content (AvgIpc) is 2.89. The van der Waals surface area contributed by atoms with Gasteiger partial charge in [0, 0.05) is 32.4 Å². The molecule has 2 amide bonds. The quantitative estimate of drug-likeness (QED) is 0.164. The first-order chi connectivity index (χ1) is 13.2. The van der Waals surface area contributed by atoms with E-state index in [1.54, 1.807) is 31.3 Å². The van der Waals surface area contributed by atoms with E-state index in [1.807, 2.05) is 6.92 Å². The number of fused-ring (bicyclic) bond motifs is 1. The van der Waals surface area contributed by atoms with Gasteiger partial charge in [-0.15, -0.1) is 24.0 Å². The number of carbonyl (C=O) groups excluding carboxylic acids is 2. The maximum Gasteiger partial charge on any atom is 0.261 e. The predicted octanol–water partition coefficient (Wildman–Crippen LogP) is 1.67. The van der Waals surface area contributed by atoms with Crippen LogP contribution in [-0.2, 0) is 9.84 Å². The molecule has 2 rings (SSSR count). The third-order valence-corrected chi connectivity index (χ3v) is 5.48. The molecule has 29 heavy (non-hydrogen) atoms. The largest absolute Gasteiger partial charge is 0.356 e. The minimum Gasteiger partial charge on any atom is -0.356 e. The monoisotopic (exact) mass is 536 g/mol. The summed E-state index contributed by atoms with van der Waals surface area (Å²) in [6.45, 7) is 2.91. The zero-order valence-electron chi connectivity index (χ0n) is 17.0.